The number of aryl methyl sites for hydroxylation is 1. The second-order valence-electron chi connectivity index (χ2n) is 6.40. The summed E-state index contributed by atoms with van der Waals surface area (Å²) in [7, 11) is -17.0. The predicted octanol–water partition coefficient (Wildman–Crippen LogP) is -2.83. The number of nitrogens with one attached hydrogen (secondary N) is 1. The van der Waals surface area contributed by atoms with Gasteiger partial charge in [-0.1, -0.05) is 0 Å². The zero-order valence-corrected chi connectivity index (χ0v) is 18.4. The maximum Gasteiger partial charge on any atom is 0.490 e. The summed E-state index contributed by atoms with van der Waals surface area (Å²) in [6.07, 6.45) is -8.42. The number of phosphoric ester groups is 1. The van der Waals surface area contributed by atoms with Crippen LogP contribution in [-0.2, 0) is 31.6 Å². The highest BCUT2D eigenvalue weighted by Gasteiger charge is 2.47. The number of hydrogen-bond donors (Lipinski definition) is 8. The van der Waals surface area contributed by atoms with E-state index in [2.05, 4.69) is 13.1 Å². The van der Waals surface area contributed by atoms with Gasteiger partial charge < -0.3 is 39.6 Å². The number of phosphoric acid groups is 3. The first kappa shape index (κ1) is 27.2. The van der Waals surface area contributed by atoms with Crippen LogP contribution in [0.1, 0.15) is 11.8 Å². The highest BCUT2D eigenvalue weighted by molar-refractivity contribution is 7.66. The quantitative estimate of drug-likeness (QED) is 0.158. The molecule has 2 heterocycles. The van der Waals surface area contributed by atoms with Crippen molar-refractivity contribution in [3.63, 3.8) is 0 Å². The number of ether oxygens (including phenoxy) is 1. The highest BCUT2D eigenvalue weighted by Crippen LogP contribution is 2.66. The minimum atomic E-state index is -5.79. The molecule has 0 aliphatic carbocycles. The second-order valence-corrected chi connectivity index (χ2v) is 10.8. The van der Waals surface area contributed by atoms with Gasteiger partial charge in [0.05, 0.1) is 6.61 Å². The molecule has 21 heteroatoms. The van der Waals surface area contributed by atoms with E-state index < -0.39 is 72.0 Å². The van der Waals surface area contributed by atoms with Crippen molar-refractivity contribution in [3.8, 4) is 0 Å². The van der Waals surface area contributed by atoms with Crippen molar-refractivity contribution in [2.75, 3.05) is 6.61 Å². The molecular weight excluding hydrogens is 509 g/mol. The Hall–Kier alpha value is -1.07. The third-order valence-electron chi connectivity index (χ3n) is 3.92. The van der Waals surface area contributed by atoms with Crippen LogP contribution in [-0.4, -0.2) is 75.5 Å². The van der Waals surface area contributed by atoms with E-state index in [0.29, 0.717) is 4.57 Å². The lowest BCUT2D eigenvalue weighted by molar-refractivity contribution is -0.251. The van der Waals surface area contributed by atoms with Crippen LogP contribution in [0.3, 0.4) is 0 Å². The Morgan fingerprint density at radius 3 is 2.16 bits per heavy atom. The van der Waals surface area contributed by atoms with E-state index in [9.17, 15) is 43.5 Å². The van der Waals surface area contributed by atoms with Crippen LogP contribution in [0.15, 0.2) is 15.8 Å². The second kappa shape index (κ2) is 9.66. The van der Waals surface area contributed by atoms with E-state index >= 15 is 0 Å². The molecule has 1 aromatic rings. The van der Waals surface area contributed by atoms with E-state index in [0.717, 1.165) is 6.20 Å². The predicted molar refractivity (Wildman–Crippen MR) is 97.8 cm³/mol. The third kappa shape index (κ3) is 6.96. The van der Waals surface area contributed by atoms with Gasteiger partial charge in [-0.2, -0.15) is 8.62 Å². The van der Waals surface area contributed by atoms with Gasteiger partial charge in [-0.05, 0) is 6.92 Å². The first-order valence-electron chi connectivity index (χ1n) is 8.22. The van der Waals surface area contributed by atoms with Crippen molar-refractivity contribution in [2.45, 2.75) is 37.6 Å². The molecule has 32 heavy (non-hydrogen) atoms. The van der Waals surface area contributed by atoms with Gasteiger partial charge >= 0.3 is 29.2 Å². The first-order chi connectivity index (χ1) is 14.4. The van der Waals surface area contributed by atoms with Gasteiger partial charge in [0.1, 0.15) is 24.4 Å². The standard InChI is InChI=1S/C11H19N2O16P3/c1-4-2-13(11(18)12-9(4)17)10-8(16)7(15)6(14)5(27-10)3-26-31(22,23)29-32(24,25)28-30(19,20)21/h2,5-8,10,14-16H,3H2,1H3,(H,22,23)(H,24,25)(H,12,17,18)(H2,19,20,21)/t5-,6+,7+,8-,10-/m1/s1. The smallest absolute Gasteiger partial charge is 0.387 e. The lowest BCUT2D eigenvalue weighted by atomic mass is 9.98. The normalized spacial score (nSPS) is 30.4. The first-order valence-corrected chi connectivity index (χ1v) is 12.7. The van der Waals surface area contributed by atoms with Crippen LogP contribution in [0.25, 0.3) is 0 Å². The van der Waals surface area contributed by atoms with E-state index in [1.54, 1.807) is 0 Å². The summed E-state index contributed by atoms with van der Waals surface area (Å²) in [5.74, 6) is 0. The largest absolute Gasteiger partial charge is 0.490 e. The molecule has 8 N–H and O–H groups in total. The molecule has 1 saturated heterocycles. The van der Waals surface area contributed by atoms with Crippen LogP contribution in [0.4, 0.5) is 0 Å². The van der Waals surface area contributed by atoms with Gasteiger partial charge in [0.25, 0.3) is 5.56 Å². The lowest BCUT2D eigenvalue weighted by Gasteiger charge is -2.40. The van der Waals surface area contributed by atoms with Crippen molar-refractivity contribution in [1.82, 2.24) is 9.55 Å². The maximum atomic E-state index is 12.0. The fourth-order valence-electron chi connectivity index (χ4n) is 2.54. The van der Waals surface area contributed by atoms with Crippen molar-refractivity contribution < 1.29 is 66.5 Å². The average Bonchev–Trinajstić information content (AvgIpc) is 2.59. The summed E-state index contributed by atoms with van der Waals surface area (Å²) in [5.41, 5.74) is -1.81. The molecule has 1 aliphatic rings. The molecule has 0 amide bonds. The van der Waals surface area contributed by atoms with Crippen LogP contribution in [0.2, 0.25) is 0 Å². The van der Waals surface area contributed by atoms with Gasteiger partial charge in [-0.25, -0.2) is 18.5 Å². The number of H-pyrrole nitrogens is 1. The molecule has 7 atom stereocenters. The van der Waals surface area contributed by atoms with E-state index in [1.807, 2.05) is 4.98 Å². The third-order valence-corrected chi connectivity index (χ3v) is 7.73. The summed E-state index contributed by atoms with van der Waals surface area (Å²) >= 11 is 0. The summed E-state index contributed by atoms with van der Waals surface area (Å²) in [6, 6.07) is 0. The van der Waals surface area contributed by atoms with E-state index in [1.165, 1.54) is 6.92 Å². The molecule has 0 bridgehead atoms. The average molecular weight is 528 g/mol. The van der Waals surface area contributed by atoms with Gasteiger partial charge in [0.2, 0.25) is 0 Å². The SMILES string of the molecule is Cc1cn([C@@H]2O[C@H](COP(=O)(O)OP(=O)(O)OP(=O)(O)O)[C@H](O)[C@H](O)[C@H]2O)c(=O)[nH]c1=O. The molecule has 2 rings (SSSR count). The number of aromatic amines is 1. The topological polar surface area (TPSA) is 285 Å². The van der Waals surface area contributed by atoms with Crippen molar-refractivity contribution >= 4 is 23.5 Å². The Labute approximate surface area is 177 Å². The molecule has 0 aromatic carbocycles. The van der Waals surface area contributed by atoms with Gasteiger partial charge in [-0.3, -0.25) is 18.9 Å². The van der Waals surface area contributed by atoms with Crippen LogP contribution in [0, 0.1) is 6.92 Å². The van der Waals surface area contributed by atoms with Crippen LogP contribution >= 0.6 is 23.5 Å². The Balaban J connectivity index is 2.19. The zero-order valence-electron chi connectivity index (χ0n) is 15.8. The van der Waals surface area contributed by atoms with Crippen molar-refractivity contribution in [1.29, 1.82) is 0 Å². The van der Waals surface area contributed by atoms with Crippen LogP contribution in [0.5, 0.6) is 0 Å². The molecule has 1 aliphatic heterocycles. The number of nitrogens with zero attached hydrogens (tertiary/aromatic N) is 1. The number of hydrogen-bond acceptors (Lipinski definition) is 12. The molecule has 0 spiro atoms. The molecular formula is C11H19N2O16P3. The Kier molecular flexibility index (Phi) is 8.20. The number of aromatic nitrogens is 2. The molecule has 1 aromatic heterocycles. The Bertz CT molecular complexity index is 1090. The molecule has 0 saturated carbocycles. The minimum Gasteiger partial charge on any atom is -0.387 e. The van der Waals surface area contributed by atoms with Crippen molar-refractivity contribution in [2.24, 2.45) is 0 Å². The molecule has 1 fully saturated rings. The summed E-state index contributed by atoms with van der Waals surface area (Å²) in [5, 5.41) is 30.2. The number of aliphatic hydroxyl groups is 3. The van der Waals surface area contributed by atoms with Gasteiger partial charge in [0, 0.05) is 11.8 Å². The van der Waals surface area contributed by atoms with Gasteiger partial charge in [0.15, 0.2) is 6.23 Å². The number of aliphatic hydroxyl groups excluding tert-OH is 3. The fourth-order valence-corrected chi connectivity index (χ4v) is 5.57. The van der Waals surface area contributed by atoms with Gasteiger partial charge in [-0.15, -0.1) is 0 Å². The Morgan fingerprint density at radius 2 is 1.59 bits per heavy atom. The summed E-state index contributed by atoms with van der Waals surface area (Å²) in [6.45, 7) is 0.143. The zero-order chi connectivity index (χ0) is 24.6. The Morgan fingerprint density at radius 1 is 1.00 bits per heavy atom. The fraction of sp³-hybridized carbons (Fsp3) is 0.636. The summed E-state index contributed by atoms with van der Waals surface area (Å²) in [4.78, 5) is 61.0. The molecule has 184 valence electrons. The highest BCUT2D eigenvalue weighted by atomic mass is 31.3. The molecule has 2 unspecified atom stereocenters. The number of rotatable bonds is 8. The maximum absolute atomic E-state index is 12.0. The van der Waals surface area contributed by atoms with E-state index in [4.69, 9.17) is 19.4 Å². The van der Waals surface area contributed by atoms with Crippen LogP contribution < -0.4 is 11.2 Å². The van der Waals surface area contributed by atoms with Crippen molar-refractivity contribution in [3.05, 3.63) is 32.6 Å². The minimum absolute atomic E-state index is 0.00539. The molecule has 0 radical (unpaired) electrons. The summed E-state index contributed by atoms with van der Waals surface area (Å²) < 4.78 is 51.0. The molecule has 18 nitrogen and oxygen atoms in total. The lowest BCUT2D eigenvalue weighted by Crippen LogP contribution is -2.58. The monoisotopic (exact) mass is 528 g/mol. The van der Waals surface area contributed by atoms with E-state index in [-0.39, 0.29) is 5.56 Å².